The summed E-state index contributed by atoms with van der Waals surface area (Å²) in [6.45, 7) is 8.45. The number of hydrogen-bond acceptors (Lipinski definition) is 3. The number of benzene rings is 2. The van der Waals surface area contributed by atoms with Crippen LogP contribution >= 0.6 is 0 Å². The number of rotatable bonds is 9. The molecule has 0 N–H and O–H groups in total. The molecule has 2 aromatic carbocycles. The van der Waals surface area contributed by atoms with Crippen molar-refractivity contribution in [1.82, 2.24) is 4.90 Å². The number of methoxy groups -OCH3 is 1. The predicted octanol–water partition coefficient (Wildman–Crippen LogP) is 5.74. The van der Waals surface area contributed by atoms with Gasteiger partial charge in [-0.25, -0.2) is 0 Å². The van der Waals surface area contributed by atoms with Crippen molar-refractivity contribution < 1.29 is 14.3 Å². The van der Waals surface area contributed by atoms with E-state index in [2.05, 4.69) is 44.2 Å². The normalized spacial score (nSPS) is 23.4. The highest BCUT2D eigenvalue weighted by molar-refractivity contribution is 5.75. The van der Waals surface area contributed by atoms with E-state index in [9.17, 15) is 4.79 Å². The topological polar surface area (TPSA) is 38.8 Å². The van der Waals surface area contributed by atoms with Gasteiger partial charge >= 0.3 is 0 Å². The summed E-state index contributed by atoms with van der Waals surface area (Å²) in [5.74, 6) is 1.13. The molecule has 1 heterocycles. The summed E-state index contributed by atoms with van der Waals surface area (Å²) in [4.78, 5) is 14.8. The molecule has 0 saturated carbocycles. The van der Waals surface area contributed by atoms with Crippen LogP contribution < -0.4 is 4.74 Å². The highest BCUT2D eigenvalue weighted by Gasteiger charge is 2.45. The van der Waals surface area contributed by atoms with Crippen LogP contribution in [0.4, 0.5) is 0 Å². The molecule has 168 valence electrons. The third kappa shape index (κ3) is 5.48. The third-order valence-corrected chi connectivity index (χ3v) is 6.90. The molecule has 0 radical (unpaired) electrons. The molecule has 4 nitrogen and oxygen atoms in total. The van der Waals surface area contributed by atoms with Crippen LogP contribution in [0.5, 0.6) is 5.75 Å². The van der Waals surface area contributed by atoms with E-state index in [0.717, 1.165) is 44.6 Å². The first-order valence-corrected chi connectivity index (χ1v) is 11.5. The Morgan fingerprint density at radius 3 is 2.48 bits per heavy atom. The molecule has 2 aromatic rings. The van der Waals surface area contributed by atoms with Gasteiger partial charge in [-0.05, 0) is 44.2 Å². The van der Waals surface area contributed by atoms with Crippen molar-refractivity contribution in [3.05, 3.63) is 65.7 Å². The fourth-order valence-corrected chi connectivity index (χ4v) is 4.90. The Labute approximate surface area is 187 Å². The Hall–Kier alpha value is -2.33. The van der Waals surface area contributed by atoms with E-state index in [1.807, 2.05) is 36.1 Å². The third-order valence-electron chi connectivity index (χ3n) is 6.90. The number of amides is 1. The van der Waals surface area contributed by atoms with Gasteiger partial charge in [-0.3, -0.25) is 4.79 Å². The van der Waals surface area contributed by atoms with Crippen molar-refractivity contribution in [3.63, 3.8) is 0 Å². The lowest BCUT2D eigenvalue weighted by Gasteiger charge is -2.47. The van der Waals surface area contributed by atoms with Gasteiger partial charge in [-0.1, -0.05) is 62.4 Å². The van der Waals surface area contributed by atoms with Crippen molar-refractivity contribution in [2.45, 2.75) is 70.4 Å². The van der Waals surface area contributed by atoms with Gasteiger partial charge in [0.25, 0.3) is 0 Å². The second kappa shape index (κ2) is 10.3. The zero-order chi connectivity index (χ0) is 22.3. The maximum atomic E-state index is 12.8. The molecule has 4 heteroatoms. The second-order valence-corrected chi connectivity index (χ2v) is 8.96. The van der Waals surface area contributed by atoms with Gasteiger partial charge in [0.15, 0.2) is 0 Å². The molecule has 1 fully saturated rings. The summed E-state index contributed by atoms with van der Waals surface area (Å²) in [5, 5.41) is 0. The van der Waals surface area contributed by atoms with Gasteiger partial charge in [-0.15, -0.1) is 0 Å². The lowest BCUT2D eigenvalue weighted by Crippen LogP contribution is -2.47. The van der Waals surface area contributed by atoms with Crippen LogP contribution in [0.1, 0.15) is 64.0 Å². The summed E-state index contributed by atoms with van der Waals surface area (Å²) in [7, 11) is 1.74. The molecule has 0 aromatic heterocycles. The number of hydrogen-bond donors (Lipinski definition) is 0. The largest absolute Gasteiger partial charge is 0.496 e. The molecule has 31 heavy (non-hydrogen) atoms. The Bertz CT molecular complexity index is 853. The molecule has 1 saturated heterocycles. The van der Waals surface area contributed by atoms with Gasteiger partial charge in [0.1, 0.15) is 5.75 Å². The van der Waals surface area contributed by atoms with E-state index >= 15 is 0 Å². The van der Waals surface area contributed by atoms with Crippen molar-refractivity contribution in [1.29, 1.82) is 0 Å². The number of carbonyl (C=O) groups excluding carboxylic acids is 1. The molecule has 1 amide bonds. The van der Waals surface area contributed by atoms with Crippen LogP contribution in [0, 0.1) is 0 Å². The van der Waals surface area contributed by atoms with Crippen LogP contribution in [-0.2, 0) is 21.5 Å². The minimum absolute atomic E-state index is 0.0847. The average Bonchev–Trinajstić information content (AvgIpc) is 2.82. The Morgan fingerprint density at radius 1 is 1.10 bits per heavy atom. The zero-order valence-corrected chi connectivity index (χ0v) is 19.5. The zero-order valence-electron chi connectivity index (χ0n) is 19.5. The van der Waals surface area contributed by atoms with E-state index < -0.39 is 0 Å². The fraction of sp³-hybridized carbons (Fsp3) is 0.519. The van der Waals surface area contributed by atoms with Gasteiger partial charge in [0.05, 0.1) is 12.7 Å². The summed E-state index contributed by atoms with van der Waals surface area (Å²) in [5.41, 5.74) is 2.15. The molecular formula is C27H37NO3. The van der Waals surface area contributed by atoms with E-state index in [1.54, 1.807) is 7.11 Å². The van der Waals surface area contributed by atoms with Gasteiger partial charge in [0, 0.05) is 37.1 Å². The van der Waals surface area contributed by atoms with Crippen LogP contribution in [0.15, 0.2) is 54.6 Å². The molecule has 0 unspecified atom stereocenters. The van der Waals surface area contributed by atoms with Crippen LogP contribution in [-0.4, -0.2) is 36.7 Å². The molecular weight excluding hydrogens is 386 g/mol. The predicted molar refractivity (Wildman–Crippen MR) is 125 cm³/mol. The Morgan fingerprint density at radius 2 is 1.81 bits per heavy atom. The van der Waals surface area contributed by atoms with Crippen molar-refractivity contribution in [3.8, 4) is 5.75 Å². The van der Waals surface area contributed by atoms with E-state index in [-0.39, 0.29) is 16.9 Å². The minimum Gasteiger partial charge on any atom is -0.496 e. The average molecular weight is 424 g/mol. The first-order valence-electron chi connectivity index (χ1n) is 11.5. The highest BCUT2D eigenvalue weighted by atomic mass is 16.5. The minimum atomic E-state index is -0.169. The molecule has 0 spiro atoms. The first-order chi connectivity index (χ1) is 14.9. The quantitative estimate of drug-likeness (QED) is 0.516. The highest BCUT2D eigenvalue weighted by Crippen LogP contribution is 2.48. The summed E-state index contributed by atoms with van der Waals surface area (Å²) < 4.78 is 12.0. The molecule has 1 aliphatic rings. The molecule has 1 aliphatic heterocycles. The Balaban J connectivity index is 1.91. The lowest BCUT2D eigenvalue weighted by atomic mass is 9.66. The van der Waals surface area contributed by atoms with Crippen LogP contribution in [0.2, 0.25) is 0 Å². The smallest absolute Gasteiger partial charge is 0.222 e. The maximum Gasteiger partial charge on any atom is 0.222 e. The fourth-order valence-electron chi connectivity index (χ4n) is 4.90. The molecule has 0 aliphatic carbocycles. The van der Waals surface area contributed by atoms with Gasteiger partial charge < -0.3 is 14.4 Å². The van der Waals surface area contributed by atoms with Crippen molar-refractivity contribution in [2.75, 3.05) is 20.3 Å². The number of para-hydroxylation sites is 1. The maximum absolute atomic E-state index is 12.8. The van der Waals surface area contributed by atoms with E-state index in [0.29, 0.717) is 13.0 Å². The summed E-state index contributed by atoms with van der Waals surface area (Å²) in [6.07, 6.45) is 4.24. The van der Waals surface area contributed by atoms with Gasteiger partial charge in [0.2, 0.25) is 5.91 Å². The monoisotopic (exact) mass is 423 g/mol. The summed E-state index contributed by atoms with van der Waals surface area (Å²) in [6, 6.07) is 18.6. The van der Waals surface area contributed by atoms with E-state index in [4.69, 9.17) is 9.47 Å². The van der Waals surface area contributed by atoms with Crippen molar-refractivity contribution >= 4 is 5.91 Å². The first kappa shape index (κ1) is 23.3. The number of carbonyl (C=O) groups is 1. The molecule has 3 rings (SSSR count). The number of ether oxygens (including phenoxy) is 2. The molecule has 2 atom stereocenters. The van der Waals surface area contributed by atoms with E-state index in [1.165, 1.54) is 11.1 Å². The van der Waals surface area contributed by atoms with Gasteiger partial charge in [-0.2, -0.15) is 0 Å². The number of nitrogens with zero attached hydrogens (tertiary/aromatic N) is 1. The van der Waals surface area contributed by atoms with Crippen molar-refractivity contribution in [2.24, 2.45) is 0 Å². The molecule has 0 bridgehead atoms. The second-order valence-electron chi connectivity index (χ2n) is 8.96. The van der Waals surface area contributed by atoms with Crippen LogP contribution in [0.25, 0.3) is 0 Å². The van der Waals surface area contributed by atoms with Crippen LogP contribution in [0.3, 0.4) is 0 Å². The Kier molecular flexibility index (Phi) is 7.77. The standard InChI is InChI=1S/C27H37NO3/c1-5-25(29)28(20-22-12-8-7-9-13-22)18-16-27(17-19-31-26(3,6-2)21-27)23-14-10-11-15-24(23)30-4/h7-15H,5-6,16-21H2,1-4H3/t26-,27-/m1/s1. The SMILES string of the molecule is CCC(=O)N(CC[C@@]1(c2ccccc2OC)CCO[C@](C)(CC)C1)Cc1ccccc1. The lowest BCUT2D eigenvalue weighted by molar-refractivity contribution is -0.132. The summed E-state index contributed by atoms with van der Waals surface area (Å²) >= 11 is 0.